The van der Waals surface area contributed by atoms with Crippen molar-refractivity contribution < 1.29 is 13.2 Å². The molecule has 134 valence electrons. The second-order valence-electron chi connectivity index (χ2n) is 6.39. The number of carbonyl (C=O) groups is 1. The highest BCUT2D eigenvalue weighted by Gasteiger charge is 2.29. The summed E-state index contributed by atoms with van der Waals surface area (Å²) in [6, 6.07) is 9.29. The minimum atomic E-state index is -3.52. The molecule has 0 aliphatic carbocycles. The third-order valence-corrected chi connectivity index (χ3v) is 6.48. The van der Waals surface area contributed by atoms with Gasteiger partial charge in [0.15, 0.2) is 0 Å². The molecule has 0 atom stereocenters. The van der Waals surface area contributed by atoms with Crippen molar-refractivity contribution in [2.24, 2.45) is 7.05 Å². The van der Waals surface area contributed by atoms with Gasteiger partial charge in [0.2, 0.25) is 10.0 Å². The number of benzene rings is 1. The summed E-state index contributed by atoms with van der Waals surface area (Å²) in [5.41, 5.74) is 2.48. The summed E-state index contributed by atoms with van der Waals surface area (Å²) in [4.78, 5) is 12.6. The van der Waals surface area contributed by atoms with Gasteiger partial charge in [-0.05, 0) is 37.0 Å². The van der Waals surface area contributed by atoms with Crippen LogP contribution in [-0.4, -0.2) is 36.3 Å². The molecule has 3 rings (SSSR count). The van der Waals surface area contributed by atoms with Crippen molar-refractivity contribution in [3.63, 3.8) is 0 Å². The molecular formula is C18H23N3O3S. The molecule has 2 heterocycles. The Morgan fingerprint density at radius 2 is 1.88 bits per heavy atom. The van der Waals surface area contributed by atoms with Crippen molar-refractivity contribution >= 4 is 15.9 Å². The Balaban J connectivity index is 1.76. The number of aromatic nitrogens is 1. The van der Waals surface area contributed by atoms with Gasteiger partial charge in [-0.25, -0.2) is 8.42 Å². The molecule has 1 fully saturated rings. The van der Waals surface area contributed by atoms with E-state index in [2.05, 4.69) is 5.32 Å². The van der Waals surface area contributed by atoms with Crippen LogP contribution in [0.1, 0.15) is 34.5 Å². The second kappa shape index (κ2) is 7.01. The zero-order valence-electron chi connectivity index (χ0n) is 14.5. The quantitative estimate of drug-likeness (QED) is 0.886. The fraction of sp³-hybridized carbons (Fsp3) is 0.389. The fourth-order valence-electron chi connectivity index (χ4n) is 3.05. The van der Waals surface area contributed by atoms with Crippen molar-refractivity contribution in [1.82, 2.24) is 14.2 Å². The third kappa shape index (κ3) is 3.62. The lowest BCUT2D eigenvalue weighted by Gasteiger charge is -2.13. The first kappa shape index (κ1) is 17.7. The highest BCUT2D eigenvalue weighted by Crippen LogP contribution is 2.22. The minimum Gasteiger partial charge on any atom is -0.347 e. The maximum absolute atomic E-state index is 12.6. The van der Waals surface area contributed by atoms with Crippen LogP contribution in [-0.2, 0) is 23.6 Å². The van der Waals surface area contributed by atoms with E-state index in [1.54, 1.807) is 11.6 Å². The van der Waals surface area contributed by atoms with Crippen molar-refractivity contribution in [2.75, 3.05) is 13.1 Å². The smallest absolute Gasteiger partial charge is 0.268 e. The first-order valence-corrected chi connectivity index (χ1v) is 9.83. The number of aryl methyl sites for hydroxylation is 2. The van der Waals surface area contributed by atoms with Gasteiger partial charge in [-0.3, -0.25) is 4.79 Å². The molecule has 1 N–H and O–H groups in total. The maximum Gasteiger partial charge on any atom is 0.268 e. The SMILES string of the molecule is Cc1ccccc1CNC(=O)c1cc(S(=O)(=O)N2CCCC2)cn1C. The molecule has 0 unspecified atom stereocenters. The molecule has 7 heteroatoms. The lowest BCUT2D eigenvalue weighted by molar-refractivity contribution is 0.0942. The predicted molar refractivity (Wildman–Crippen MR) is 95.8 cm³/mol. The van der Waals surface area contributed by atoms with E-state index in [-0.39, 0.29) is 10.8 Å². The lowest BCUT2D eigenvalue weighted by Crippen LogP contribution is -2.27. The molecule has 6 nitrogen and oxygen atoms in total. The molecule has 25 heavy (non-hydrogen) atoms. The maximum atomic E-state index is 12.6. The summed E-state index contributed by atoms with van der Waals surface area (Å²) >= 11 is 0. The third-order valence-electron chi connectivity index (χ3n) is 4.62. The van der Waals surface area contributed by atoms with Crippen LogP contribution in [0.3, 0.4) is 0 Å². The monoisotopic (exact) mass is 361 g/mol. The molecule has 1 aliphatic heterocycles. The van der Waals surface area contributed by atoms with Crippen LogP contribution in [0.2, 0.25) is 0 Å². The topological polar surface area (TPSA) is 71.4 Å². The van der Waals surface area contributed by atoms with Crippen LogP contribution in [0.25, 0.3) is 0 Å². The number of amides is 1. The Labute approximate surface area is 148 Å². The number of nitrogens with one attached hydrogen (secondary N) is 1. The lowest BCUT2D eigenvalue weighted by atomic mass is 10.1. The van der Waals surface area contributed by atoms with E-state index in [9.17, 15) is 13.2 Å². The predicted octanol–water partition coefficient (Wildman–Crippen LogP) is 2.05. The molecule has 2 aromatic rings. The summed E-state index contributed by atoms with van der Waals surface area (Å²) in [5.74, 6) is -0.284. The number of hydrogen-bond acceptors (Lipinski definition) is 3. The molecule has 0 radical (unpaired) electrons. The van der Waals surface area contributed by atoms with Gasteiger partial charge in [-0.15, -0.1) is 0 Å². The summed E-state index contributed by atoms with van der Waals surface area (Å²) < 4.78 is 28.3. The Morgan fingerprint density at radius 3 is 2.56 bits per heavy atom. The van der Waals surface area contributed by atoms with Gasteiger partial charge < -0.3 is 9.88 Å². The normalized spacial score (nSPS) is 15.4. The molecule has 1 aromatic carbocycles. The number of hydrogen-bond donors (Lipinski definition) is 1. The van der Waals surface area contributed by atoms with E-state index in [0.717, 1.165) is 24.0 Å². The summed E-state index contributed by atoms with van der Waals surface area (Å²) in [6.07, 6.45) is 3.28. The zero-order valence-corrected chi connectivity index (χ0v) is 15.3. The van der Waals surface area contributed by atoms with Crippen molar-refractivity contribution in [2.45, 2.75) is 31.2 Å². The average molecular weight is 361 g/mol. The van der Waals surface area contributed by atoms with Crippen molar-refractivity contribution in [1.29, 1.82) is 0 Å². The van der Waals surface area contributed by atoms with Crippen molar-refractivity contribution in [3.8, 4) is 0 Å². The Bertz CT molecular complexity index is 881. The van der Waals surface area contributed by atoms with Gasteiger partial charge >= 0.3 is 0 Å². The highest BCUT2D eigenvalue weighted by atomic mass is 32.2. The zero-order chi connectivity index (χ0) is 18.0. The van der Waals surface area contributed by atoms with E-state index in [1.165, 1.54) is 16.6 Å². The van der Waals surface area contributed by atoms with Gasteiger partial charge in [0.25, 0.3) is 5.91 Å². The Kier molecular flexibility index (Phi) is 4.96. The Morgan fingerprint density at radius 1 is 1.20 bits per heavy atom. The van der Waals surface area contributed by atoms with Crippen LogP contribution >= 0.6 is 0 Å². The van der Waals surface area contributed by atoms with Crippen LogP contribution in [0, 0.1) is 6.92 Å². The van der Waals surface area contributed by atoms with Crippen LogP contribution in [0.15, 0.2) is 41.4 Å². The summed E-state index contributed by atoms with van der Waals surface area (Å²) in [6.45, 7) is 3.49. The van der Waals surface area contributed by atoms with E-state index < -0.39 is 10.0 Å². The van der Waals surface area contributed by atoms with E-state index in [4.69, 9.17) is 0 Å². The number of sulfonamides is 1. The van der Waals surface area contributed by atoms with Gasteiger partial charge in [0, 0.05) is 32.9 Å². The first-order valence-electron chi connectivity index (χ1n) is 8.39. The molecular weight excluding hydrogens is 338 g/mol. The van der Waals surface area contributed by atoms with E-state index in [0.29, 0.717) is 25.3 Å². The molecule has 1 saturated heterocycles. The van der Waals surface area contributed by atoms with Crippen LogP contribution in [0.4, 0.5) is 0 Å². The van der Waals surface area contributed by atoms with E-state index in [1.807, 2.05) is 31.2 Å². The largest absolute Gasteiger partial charge is 0.347 e. The van der Waals surface area contributed by atoms with Gasteiger partial charge in [0.05, 0.1) is 0 Å². The van der Waals surface area contributed by atoms with Crippen LogP contribution in [0.5, 0.6) is 0 Å². The van der Waals surface area contributed by atoms with Crippen molar-refractivity contribution in [3.05, 3.63) is 53.3 Å². The fourth-order valence-corrected chi connectivity index (χ4v) is 4.64. The highest BCUT2D eigenvalue weighted by molar-refractivity contribution is 7.89. The standard InChI is InChI=1S/C18H23N3O3S/c1-14-7-3-4-8-15(14)12-19-18(22)17-11-16(13-20(17)2)25(23,24)21-9-5-6-10-21/h3-4,7-8,11,13H,5-6,9-10,12H2,1-2H3,(H,19,22). The average Bonchev–Trinajstić information content (AvgIpc) is 3.24. The summed E-state index contributed by atoms with van der Waals surface area (Å²) in [5, 5.41) is 2.86. The molecule has 0 spiro atoms. The number of rotatable bonds is 5. The van der Waals surface area contributed by atoms with Gasteiger partial charge in [-0.1, -0.05) is 24.3 Å². The molecule has 1 aromatic heterocycles. The molecule has 0 saturated carbocycles. The number of nitrogens with zero attached hydrogens (tertiary/aromatic N) is 2. The van der Waals surface area contributed by atoms with Gasteiger partial charge in [-0.2, -0.15) is 4.31 Å². The minimum absolute atomic E-state index is 0.179. The number of carbonyl (C=O) groups excluding carboxylic acids is 1. The first-order chi connectivity index (χ1) is 11.9. The summed E-state index contributed by atoms with van der Waals surface area (Å²) in [7, 11) is -1.83. The molecule has 1 amide bonds. The second-order valence-corrected chi connectivity index (χ2v) is 8.33. The van der Waals surface area contributed by atoms with Gasteiger partial charge in [0.1, 0.15) is 10.6 Å². The Hall–Kier alpha value is -2.12. The molecule has 0 bridgehead atoms. The van der Waals surface area contributed by atoms with E-state index >= 15 is 0 Å². The van der Waals surface area contributed by atoms with Crippen LogP contribution < -0.4 is 5.32 Å². The molecule has 1 aliphatic rings.